The maximum absolute atomic E-state index is 10.8. The number of nitro benzene ring substituents is 1. The molecule has 5 nitrogen and oxygen atoms in total. The third-order valence-corrected chi connectivity index (χ3v) is 1.77. The summed E-state index contributed by atoms with van der Waals surface area (Å²) < 4.78 is 4.67. The second-order valence-corrected chi connectivity index (χ2v) is 2.93. The second-order valence-electron chi connectivity index (χ2n) is 2.67. The lowest BCUT2D eigenvalue weighted by Crippen LogP contribution is -2.10. The number of benzene rings is 1. The summed E-state index contributed by atoms with van der Waals surface area (Å²) in [4.78, 5) is 20.8. The van der Waals surface area contributed by atoms with E-state index in [4.69, 9.17) is 11.6 Å². The fraction of sp³-hybridized carbons (Fsp3) is 0.111. The molecule has 1 aromatic rings. The molecule has 0 heterocycles. The molecular weight excluding hydrogens is 222 g/mol. The van der Waals surface area contributed by atoms with Gasteiger partial charge in [-0.25, -0.2) is 0 Å². The Morgan fingerprint density at radius 2 is 2.27 bits per heavy atom. The molecule has 15 heavy (non-hydrogen) atoms. The van der Waals surface area contributed by atoms with Crippen LogP contribution in [0, 0.1) is 17.0 Å². The zero-order valence-electron chi connectivity index (χ0n) is 7.60. The summed E-state index contributed by atoms with van der Waals surface area (Å²) in [5.41, 5.74) is 0.160. The van der Waals surface area contributed by atoms with Crippen LogP contribution in [-0.4, -0.2) is 16.8 Å². The lowest BCUT2D eigenvalue weighted by atomic mass is 10.2. The maximum Gasteiger partial charge on any atom is 0.326 e. The van der Waals surface area contributed by atoms with E-state index >= 15 is 0 Å². The fourth-order valence-electron chi connectivity index (χ4n) is 0.942. The Morgan fingerprint density at radius 3 is 2.80 bits per heavy atom. The van der Waals surface area contributed by atoms with Crippen LogP contribution >= 0.6 is 11.6 Å². The van der Waals surface area contributed by atoms with Crippen LogP contribution in [0.5, 0.6) is 5.75 Å². The Hall–Kier alpha value is -1.62. The Bertz CT molecular complexity index is 405. The maximum atomic E-state index is 10.8. The van der Waals surface area contributed by atoms with Crippen molar-refractivity contribution in [2.24, 2.45) is 0 Å². The molecule has 0 saturated heterocycles. The average molecular weight is 229 g/mol. The Kier molecular flexibility index (Phi) is 3.62. The van der Waals surface area contributed by atoms with Crippen LogP contribution in [-0.2, 0) is 4.79 Å². The number of hydrogen-bond donors (Lipinski definition) is 0. The van der Waals surface area contributed by atoms with Gasteiger partial charge in [-0.1, -0.05) is 6.07 Å². The summed E-state index contributed by atoms with van der Waals surface area (Å²) in [6, 6.07) is 4.03. The van der Waals surface area contributed by atoms with E-state index in [9.17, 15) is 14.9 Å². The van der Waals surface area contributed by atoms with Gasteiger partial charge in [0.05, 0.1) is 4.92 Å². The predicted octanol–water partition coefficient (Wildman–Crippen LogP) is 1.92. The van der Waals surface area contributed by atoms with E-state index in [-0.39, 0.29) is 17.3 Å². The van der Waals surface area contributed by atoms with Crippen LogP contribution in [0.15, 0.2) is 18.2 Å². The first-order valence-corrected chi connectivity index (χ1v) is 4.45. The Labute approximate surface area is 90.8 Å². The van der Waals surface area contributed by atoms with E-state index < -0.39 is 10.9 Å². The van der Waals surface area contributed by atoms with Crippen LogP contribution in [0.3, 0.4) is 0 Å². The van der Waals surface area contributed by atoms with Crippen molar-refractivity contribution in [2.45, 2.75) is 0 Å². The second kappa shape index (κ2) is 4.75. The molecule has 0 N–H and O–H groups in total. The van der Waals surface area contributed by atoms with Gasteiger partial charge in [-0.15, -0.1) is 11.6 Å². The van der Waals surface area contributed by atoms with Gasteiger partial charge in [-0.3, -0.25) is 14.9 Å². The molecule has 0 bridgehead atoms. The van der Waals surface area contributed by atoms with Gasteiger partial charge in [0.15, 0.2) is 0 Å². The van der Waals surface area contributed by atoms with Crippen LogP contribution in [0.2, 0.25) is 0 Å². The van der Waals surface area contributed by atoms with Gasteiger partial charge in [-0.05, 0) is 18.6 Å². The van der Waals surface area contributed by atoms with E-state index in [0.29, 0.717) is 5.56 Å². The summed E-state index contributed by atoms with van der Waals surface area (Å²) in [6.45, 7) is 3.53. The molecule has 0 aliphatic carbocycles. The molecule has 1 aromatic carbocycles. The zero-order valence-corrected chi connectivity index (χ0v) is 8.36. The van der Waals surface area contributed by atoms with Gasteiger partial charge in [0, 0.05) is 6.07 Å². The van der Waals surface area contributed by atoms with Gasteiger partial charge in [0.25, 0.3) is 0 Å². The first-order valence-electron chi connectivity index (χ1n) is 3.91. The number of carbonyl (C=O) groups excluding carboxylic acids is 1. The SMILES string of the molecule is [CH2]c1ccc(OC(=O)CCl)c([N+](=O)[O-])c1. The standard InChI is InChI=1S/C9H7ClNO4/c1-6-2-3-8(15-9(12)5-10)7(4-6)11(13)14/h2-4H,1,5H2. The number of halogens is 1. The van der Waals surface area contributed by atoms with Crippen LogP contribution in [0.25, 0.3) is 0 Å². The van der Waals surface area contributed by atoms with E-state index in [0.717, 1.165) is 0 Å². The zero-order chi connectivity index (χ0) is 11.4. The summed E-state index contributed by atoms with van der Waals surface area (Å²) in [5, 5.41) is 10.6. The van der Waals surface area contributed by atoms with Crippen molar-refractivity contribution >= 4 is 23.3 Å². The van der Waals surface area contributed by atoms with Crippen molar-refractivity contribution in [3.8, 4) is 5.75 Å². The number of alkyl halides is 1. The van der Waals surface area contributed by atoms with Gasteiger partial charge >= 0.3 is 11.7 Å². The number of esters is 1. The molecule has 79 valence electrons. The molecule has 0 aliphatic rings. The minimum Gasteiger partial charge on any atom is -0.418 e. The summed E-state index contributed by atoms with van der Waals surface area (Å²) >= 11 is 5.21. The van der Waals surface area contributed by atoms with Gasteiger partial charge < -0.3 is 4.74 Å². The normalized spacial score (nSPS) is 9.73. The third-order valence-electron chi connectivity index (χ3n) is 1.55. The molecule has 6 heteroatoms. The number of ether oxygens (including phenoxy) is 1. The summed E-state index contributed by atoms with van der Waals surface area (Å²) in [5.74, 6) is -1.22. The number of hydrogen-bond acceptors (Lipinski definition) is 4. The smallest absolute Gasteiger partial charge is 0.326 e. The molecule has 0 aromatic heterocycles. The minimum atomic E-state index is -0.739. The number of carbonyl (C=O) groups is 1. The van der Waals surface area contributed by atoms with Gasteiger partial charge in [0.2, 0.25) is 5.75 Å². The van der Waals surface area contributed by atoms with Crippen molar-refractivity contribution in [1.29, 1.82) is 0 Å². The Morgan fingerprint density at radius 1 is 1.60 bits per heavy atom. The first kappa shape index (κ1) is 11.5. The lowest BCUT2D eigenvalue weighted by Gasteiger charge is -2.03. The minimum absolute atomic E-state index is 0.127. The molecular formula is C9H7ClNO4. The van der Waals surface area contributed by atoms with Crippen molar-refractivity contribution < 1.29 is 14.5 Å². The van der Waals surface area contributed by atoms with Crippen LogP contribution in [0.1, 0.15) is 5.56 Å². The van der Waals surface area contributed by atoms with Crippen molar-refractivity contribution in [3.63, 3.8) is 0 Å². The highest BCUT2D eigenvalue weighted by molar-refractivity contribution is 6.26. The number of nitrogens with zero attached hydrogens (tertiary/aromatic N) is 1. The summed E-state index contributed by atoms with van der Waals surface area (Å²) in [6.07, 6.45) is 0. The lowest BCUT2D eigenvalue weighted by molar-refractivity contribution is -0.385. The van der Waals surface area contributed by atoms with E-state index in [1.807, 2.05) is 0 Å². The molecule has 0 amide bonds. The third kappa shape index (κ3) is 2.92. The van der Waals surface area contributed by atoms with E-state index in [1.54, 1.807) is 0 Å². The van der Waals surface area contributed by atoms with Gasteiger partial charge in [0.1, 0.15) is 5.88 Å². The quantitative estimate of drug-likeness (QED) is 0.261. The van der Waals surface area contributed by atoms with Crippen molar-refractivity contribution in [1.82, 2.24) is 0 Å². The van der Waals surface area contributed by atoms with Crippen LogP contribution in [0.4, 0.5) is 5.69 Å². The molecule has 0 spiro atoms. The highest BCUT2D eigenvalue weighted by Crippen LogP contribution is 2.27. The van der Waals surface area contributed by atoms with Crippen LogP contribution < -0.4 is 4.74 Å². The number of nitro groups is 1. The van der Waals surface area contributed by atoms with E-state index in [2.05, 4.69) is 11.7 Å². The monoisotopic (exact) mass is 228 g/mol. The topological polar surface area (TPSA) is 69.4 Å². The first-order chi connectivity index (χ1) is 7.04. The average Bonchev–Trinajstić information content (AvgIpc) is 2.20. The van der Waals surface area contributed by atoms with Crippen molar-refractivity contribution in [3.05, 3.63) is 40.8 Å². The molecule has 1 rings (SSSR count). The number of rotatable bonds is 3. The summed E-state index contributed by atoms with van der Waals surface area (Å²) in [7, 11) is 0. The fourth-order valence-corrected chi connectivity index (χ4v) is 0.996. The molecule has 0 unspecified atom stereocenters. The molecule has 0 atom stereocenters. The molecule has 1 radical (unpaired) electrons. The molecule has 0 aliphatic heterocycles. The van der Waals surface area contributed by atoms with Crippen molar-refractivity contribution in [2.75, 3.05) is 5.88 Å². The molecule has 0 saturated carbocycles. The highest BCUT2D eigenvalue weighted by Gasteiger charge is 2.17. The largest absolute Gasteiger partial charge is 0.418 e. The highest BCUT2D eigenvalue weighted by atomic mass is 35.5. The predicted molar refractivity (Wildman–Crippen MR) is 53.9 cm³/mol. The van der Waals surface area contributed by atoms with E-state index in [1.165, 1.54) is 18.2 Å². The molecule has 0 fully saturated rings. The van der Waals surface area contributed by atoms with Gasteiger partial charge in [-0.2, -0.15) is 0 Å². The Balaban J connectivity index is 3.06.